The molecule has 0 spiro atoms. The van der Waals surface area contributed by atoms with Crippen LogP contribution in [0.1, 0.15) is 12.5 Å². The molecule has 0 N–H and O–H groups in total. The van der Waals surface area contributed by atoms with E-state index in [1.807, 2.05) is 6.07 Å². The van der Waals surface area contributed by atoms with Gasteiger partial charge in [-0.1, -0.05) is 146 Å². The van der Waals surface area contributed by atoms with Gasteiger partial charge in [-0.05, 0) is 99.8 Å². The van der Waals surface area contributed by atoms with Crippen LogP contribution in [0.3, 0.4) is 0 Å². The molecule has 0 aliphatic rings. The van der Waals surface area contributed by atoms with E-state index in [0.717, 1.165) is 5.70 Å². The van der Waals surface area contributed by atoms with E-state index in [1.165, 1.54) is 87.5 Å². The van der Waals surface area contributed by atoms with Crippen molar-refractivity contribution >= 4 is 76.9 Å². The van der Waals surface area contributed by atoms with Crippen LogP contribution in [-0.2, 0) is 0 Å². The van der Waals surface area contributed by atoms with Crippen molar-refractivity contribution in [3.05, 3.63) is 200 Å². The molecule has 0 aliphatic heterocycles. The second-order valence-electron chi connectivity index (χ2n) is 13.7. The Morgan fingerprint density at radius 1 is 0.453 bits per heavy atom. The van der Waals surface area contributed by atoms with Gasteiger partial charge in [-0.2, -0.15) is 0 Å². The van der Waals surface area contributed by atoms with Crippen molar-refractivity contribution in [1.82, 2.24) is 9.13 Å². The first-order valence-corrected chi connectivity index (χ1v) is 18.3. The Morgan fingerprint density at radius 2 is 1.00 bits per heavy atom. The zero-order valence-corrected chi connectivity index (χ0v) is 29.4. The van der Waals surface area contributed by atoms with Gasteiger partial charge < -0.3 is 9.13 Å². The van der Waals surface area contributed by atoms with Gasteiger partial charge in [0.1, 0.15) is 0 Å². The van der Waals surface area contributed by atoms with E-state index in [1.54, 1.807) is 0 Å². The first kappa shape index (κ1) is 30.9. The van der Waals surface area contributed by atoms with Crippen LogP contribution in [0, 0.1) is 0 Å². The highest BCUT2D eigenvalue weighted by atomic mass is 15.0. The van der Waals surface area contributed by atoms with Gasteiger partial charge in [0.05, 0.1) is 22.1 Å². The van der Waals surface area contributed by atoms with Crippen molar-refractivity contribution in [3.8, 4) is 16.8 Å². The Bertz CT molecular complexity index is 3100. The third-order valence-electron chi connectivity index (χ3n) is 10.7. The highest BCUT2D eigenvalue weighted by Gasteiger charge is 2.18. The molecule has 0 fully saturated rings. The third-order valence-corrected chi connectivity index (χ3v) is 10.7. The standard InChI is InChI=1S/C51H36N2/c1-2-40(20-12-9-17-35-15-5-3-6-16-35)52-46-29-27-38(33-44(46)50-42-23-13-10-18-36(42)25-31-48(50)52)39-28-30-47-45(34-39)51-43-24-14-11-19-37(43)26-32-49(51)53(47)41-21-7-4-8-22-41/h2-34H,1H3/b17-9+,20-12-,40-2+. The molecule has 10 rings (SSSR count). The summed E-state index contributed by atoms with van der Waals surface area (Å²) in [5, 5.41) is 10.1. The summed E-state index contributed by atoms with van der Waals surface area (Å²) < 4.78 is 4.82. The molecule has 53 heavy (non-hydrogen) atoms. The molecule has 2 heteroatoms. The van der Waals surface area contributed by atoms with Crippen LogP contribution < -0.4 is 0 Å². The SMILES string of the molecule is C\C=C(/C=C\C=C\c1ccccc1)n1c2ccc(-c3ccc4c(c3)c3c5ccccc5ccc3n4-c3ccccc3)cc2c2c3ccccc3ccc21. The fourth-order valence-electron chi connectivity index (χ4n) is 8.26. The molecule has 250 valence electrons. The number of allylic oxidation sites excluding steroid dienone is 5. The molecule has 0 bridgehead atoms. The molecule has 10 aromatic rings. The van der Waals surface area contributed by atoms with Crippen LogP contribution in [0.5, 0.6) is 0 Å². The maximum atomic E-state index is 2.41. The largest absolute Gasteiger partial charge is 0.310 e. The van der Waals surface area contributed by atoms with Crippen molar-refractivity contribution in [2.75, 3.05) is 0 Å². The number of para-hydroxylation sites is 1. The molecule has 2 nitrogen and oxygen atoms in total. The molecule has 0 amide bonds. The summed E-state index contributed by atoms with van der Waals surface area (Å²) >= 11 is 0. The van der Waals surface area contributed by atoms with E-state index in [2.05, 4.69) is 210 Å². The van der Waals surface area contributed by atoms with Crippen LogP contribution in [0.15, 0.2) is 194 Å². The van der Waals surface area contributed by atoms with E-state index in [0.29, 0.717) is 0 Å². The van der Waals surface area contributed by atoms with Gasteiger partial charge in [0.25, 0.3) is 0 Å². The van der Waals surface area contributed by atoms with Crippen molar-refractivity contribution in [2.24, 2.45) is 0 Å². The highest BCUT2D eigenvalue weighted by Crippen LogP contribution is 2.41. The maximum Gasteiger partial charge on any atom is 0.0547 e. The van der Waals surface area contributed by atoms with Gasteiger partial charge in [-0.15, -0.1) is 0 Å². The predicted molar refractivity (Wildman–Crippen MR) is 229 cm³/mol. The van der Waals surface area contributed by atoms with E-state index in [9.17, 15) is 0 Å². The fraction of sp³-hybridized carbons (Fsp3) is 0.0196. The average molecular weight is 677 g/mol. The molecule has 0 unspecified atom stereocenters. The number of aromatic nitrogens is 2. The minimum atomic E-state index is 1.13. The fourth-order valence-corrected chi connectivity index (χ4v) is 8.26. The average Bonchev–Trinajstić information content (AvgIpc) is 3.74. The summed E-state index contributed by atoms with van der Waals surface area (Å²) in [5.74, 6) is 0. The van der Waals surface area contributed by atoms with E-state index >= 15 is 0 Å². The van der Waals surface area contributed by atoms with Crippen LogP contribution in [0.2, 0.25) is 0 Å². The Labute approximate surface area is 308 Å². The van der Waals surface area contributed by atoms with Crippen molar-refractivity contribution < 1.29 is 0 Å². The third kappa shape index (κ3) is 5.11. The zero-order chi connectivity index (χ0) is 35.3. The Hall–Kier alpha value is -6.90. The van der Waals surface area contributed by atoms with Crippen LogP contribution in [0.25, 0.3) is 93.7 Å². The molecule has 2 heterocycles. The summed E-state index contributed by atoms with van der Waals surface area (Å²) in [6.07, 6.45) is 10.8. The summed E-state index contributed by atoms with van der Waals surface area (Å²) in [4.78, 5) is 0. The lowest BCUT2D eigenvalue weighted by Gasteiger charge is -2.10. The summed E-state index contributed by atoms with van der Waals surface area (Å²) in [6, 6.07) is 61.7. The number of fused-ring (bicyclic) bond motifs is 10. The quantitative estimate of drug-likeness (QED) is 0.155. The minimum absolute atomic E-state index is 1.13. The lowest BCUT2D eigenvalue weighted by Crippen LogP contribution is -1.94. The predicted octanol–water partition coefficient (Wildman–Crippen LogP) is 14.0. The molecular formula is C51H36N2. The van der Waals surface area contributed by atoms with Crippen LogP contribution >= 0.6 is 0 Å². The minimum Gasteiger partial charge on any atom is -0.310 e. The number of hydrogen-bond acceptors (Lipinski definition) is 0. The lowest BCUT2D eigenvalue weighted by molar-refractivity contribution is 1.18. The summed E-state index contributed by atoms with van der Waals surface area (Å²) in [7, 11) is 0. The second-order valence-corrected chi connectivity index (χ2v) is 13.7. The summed E-state index contributed by atoms with van der Waals surface area (Å²) in [6.45, 7) is 2.12. The Balaban J connectivity index is 1.18. The van der Waals surface area contributed by atoms with Gasteiger partial charge in [-0.3, -0.25) is 0 Å². The monoisotopic (exact) mass is 676 g/mol. The number of hydrogen-bond donors (Lipinski definition) is 0. The lowest BCUT2D eigenvalue weighted by atomic mass is 9.98. The van der Waals surface area contributed by atoms with Crippen molar-refractivity contribution in [3.63, 3.8) is 0 Å². The van der Waals surface area contributed by atoms with Crippen LogP contribution in [0.4, 0.5) is 0 Å². The van der Waals surface area contributed by atoms with Crippen molar-refractivity contribution in [2.45, 2.75) is 6.92 Å². The van der Waals surface area contributed by atoms with Gasteiger partial charge in [0.15, 0.2) is 0 Å². The van der Waals surface area contributed by atoms with Gasteiger partial charge in [0.2, 0.25) is 0 Å². The zero-order valence-electron chi connectivity index (χ0n) is 29.4. The first-order chi connectivity index (χ1) is 26.3. The molecule has 2 aromatic heterocycles. The van der Waals surface area contributed by atoms with Crippen molar-refractivity contribution in [1.29, 1.82) is 0 Å². The molecule has 0 aliphatic carbocycles. The smallest absolute Gasteiger partial charge is 0.0547 e. The topological polar surface area (TPSA) is 9.86 Å². The Morgan fingerprint density at radius 3 is 1.68 bits per heavy atom. The molecule has 8 aromatic carbocycles. The molecular weight excluding hydrogens is 641 g/mol. The molecule has 0 radical (unpaired) electrons. The Kier molecular flexibility index (Phi) is 7.40. The van der Waals surface area contributed by atoms with Gasteiger partial charge >= 0.3 is 0 Å². The highest BCUT2D eigenvalue weighted by molar-refractivity contribution is 6.24. The molecule has 0 atom stereocenters. The van der Waals surface area contributed by atoms with Gasteiger partial charge in [-0.25, -0.2) is 0 Å². The van der Waals surface area contributed by atoms with E-state index < -0.39 is 0 Å². The van der Waals surface area contributed by atoms with Crippen LogP contribution in [-0.4, -0.2) is 9.13 Å². The maximum absolute atomic E-state index is 2.41. The normalized spacial score (nSPS) is 12.6. The number of nitrogens with zero attached hydrogens (tertiary/aromatic N) is 2. The number of benzene rings is 8. The van der Waals surface area contributed by atoms with E-state index in [4.69, 9.17) is 0 Å². The molecule has 0 saturated carbocycles. The molecule has 0 saturated heterocycles. The number of rotatable bonds is 6. The van der Waals surface area contributed by atoms with Gasteiger partial charge in [0, 0.05) is 32.9 Å². The van der Waals surface area contributed by atoms with E-state index in [-0.39, 0.29) is 0 Å². The first-order valence-electron chi connectivity index (χ1n) is 18.3. The summed E-state index contributed by atoms with van der Waals surface area (Å²) in [5.41, 5.74) is 10.7. The second kappa shape index (κ2) is 12.7.